The van der Waals surface area contributed by atoms with Crippen molar-refractivity contribution in [3.8, 4) is 0 Å². The molecule has 1 aromatic rings. The molecular formula is C17H25ClN2. The van der Waals surface area contributed by atoms with E-state index < -0.39 is 0 Å². The van der Waals surface area contributed by atoms with E-state index in [9.17, 15) is 0 Å². The van der Waals surface area contributed by atoms with Gasteiger partial charge in [-0.25, -0.2) is 0 Å². The molecule has 2 aliphatic rings. The van der Waals surface area contributed by atoms with Crippen LogP contribution in [0.1, 0.15) is 51.0 Å². The van der Waals surface area contributed by atoms with Crippen LogP contribution in [0.3, 0.4) is 0 Å². The Hall–Kier alpha value is -0.730. The zero-order valence-electron chi connectivity index (χ0n) is 12.4. The van der Waals surface area contributed by atoms with Gasteiger partial charge in [-0.1, -0.05) is 24.4 Å². The molecule has 20 heavy (non-hydrogen) atoms. The van der Waals surface area contributed by atoms with Gasteiger partial charge in [-0.15, -0.1) is 0 Å². The fourth-order valence-corrected chi connectivity index (χ4v) is 3.55. The summed E-state index contributed by atoms with van der Waals surface area (Å²) >= 11 is 6.21. The topological polar surface area (TPSA) is 15.3 Å². The van der Waals surface area contributed by atoms with Crippen molar-refractivity contribution in [3.63, 3.8) is 0 Å². The van der Waals surface area contributed by atoms with Crippen LogP contribution in [0.2, 0.25) is 5.02 Å². The lowest BCUT2D eigenvalue weighted by Crippen LogP contribution is -2.34. The third-order valence-electron chi connectivity index (χ3n) is 4.62. The molecule has 110 valence electrons. The summed E-state index contributed by atoms with van der Waals surface area (Å²) in [6, 6.07) is 7.86. The Balaban J connectivity index is 1.80. The number of nitrogens with one attached hydrogen (secondary N) is 1. The summed E-state index contributed by atoms with van der Waals surface area (Å²) in [4.78, 5) is 2.59. The highest BCUT2D eigenvalue weighted by atomic mass is 35.5. The molecule has 2 fully saturated rings. The maximum absolute atomic E-state index is 6.21. The molecule has 2 aliphatic carbocycles. The number of hydrogen-bond donors (Lipinski definition) is 1. The van der Waals surface area contributed by atoms with Gasteiger partial charge in [-0.3, -0.25) is 0 Å². The molecule has 2 saturated carbocycles. The third-order valence-corrected chi connectivity index (χ3v) is 4.85. The summed E-state index contributed by atoms with van der Waals surface area (Å²) in [5.74, 6) is 0. The van der Waals surface area contributed by atoms with Gasteiger partial charge in [-0.05, 0) is 56.4 Å². The lowest BCUT2D eigenvalue weighted by molar-refractivity contribution is 0.612. The Labute approximate surface area is 127 Å². The molecule has 1 aromatic carbocycles. The maximum atomic E-state index is 6.21. The largest absolute Gasteiger partial charge is 0.369 e. The van der Waals surface area contributed by atoms with E-state index in [2.05, 4.69) is 29.3 Å². The Bertz CT molecular complexity index is 450. The third kappa shape index (κ3) is 3.29. The fraction of sp³-hybridized carbons (Fsp3) is 0.647. The zero-order chi connectivity index (χ0) is 13.9. The molecule has 0 aromatic heterocycles. The lowest BCUT2D eigenvalue weighted by atomic mass is 10.1. The quantitative estimate of drug-likeness (QED) is 0.838. The second-order valence-corrected chi connectivity index (χ2v) is 6.59. The van der Waals surface area contributed by atoms with Crippen molar-refractivity contribution in [2.75, 3.05) is 11.4 Å². The predicted molar refractivity (Wildman–Crippen MR) is 86.6 cm³/mol. The van der Waals surface area contributed by atoms with Crippen molar-refractivity contribution in [2.45, 2.75) is 64.1 Å². The maximum Gasteiger partial charge on any atom is 0.0415 e. The first-order chi connectivity index (χ1) is 9.78. The molecule has 2 nitrogen and oxygen atoms in total. The molecule has 0 unspecified atom stereocenters. The van der Waals surface area contributed by atoms with E-state index in [1.54, 1.807) is 0 Å². The van der Waals surface area contributed by atoms with Crippen LogP contribution in [0.5, 0.6) is 0 Å². The molecule has 1 N–H and O–H groups in total. The Morgan fingerprint density at radius 3 is 2.60 bits per heavy atom. The summed E-state index contributed by atoms with van der Waals surface area (Å²) in [6.45, 7) is 4.30. The van der Waals surface area contributed by atoms with Gasteiger partial charge in [0.15, 0.2) is 0 Å². The van der Waals surface area contributed by atoms with E-state index in [1.165, 1.54) is 49.8 Å². The average molecular weight is 293 g/mol. The van der Waals surface area contributed by atoms with E-state index in [-0.39, 0.29) is 0 Å². The minimum Gasteiger partial charge on any atom is -0.369 e. The van der Waals surface area contributed by atoms with E-state index in [0.717, 1.165) is 30.2 Å². The second-order valence-electron chi connectivity index (χ2n) is 6.15. The number of halogens is 1. The molecule has 3 heteroatoms. The summed E-state index contributed by atoms with van der Waals surface area (Å²) in [7, 11) is 0. The van der Waals surface area contributed by atoms with Gasteiger partial charge in [0, 0.05) is 35.9 Å². The monoisotopic (exact) mass is 292 g/mol. The molecule has 0 atom stereocenters. The highest BCUT2D eigenvalue weighted by Gasteiger charge is 2.25. The van der Waals surface area contributed by atoms with Crippen LogP contribution in [0.25, 0.3) is 0 Å². The number of nitrogens with zero attached hydrogens (tertiary/aromatic N) is 1. The van der Waals surface area contributed by atoms with Crippen molar-refractivity contribution >= 4 is 17.3 Å². The van der Waals surface area contributed by atoms with Crippen LogP contribution in [0.15, 0.2) is 18.2 Å². The molecule has 0 heterocycles. The van der Waals surface area contributed by atoms with Crippen molar-refractivity contribution in [2.24, 2.45) is 0 Å². The standard InChI is InChI=1S/C17H25ClN2/c1-2-20(16-5-3-4-6-16)17-10-7-14(18)11-13(17)12-19-15-8-9-15/h7,10-11,15-16,19H,2-6,8-9,12H2,1H3. The minimum absolute atomic E-state index is 0.723. The molecule has 0 amide bonds. The Morgan fingerprint density at radius 1 is 1.20 bits per heavy atom. The van der Waals surface area contributed by atoms with Crippen LogP contribution in [-0.4, -0.2) is 18.6 Å². The van der Waals surface area contributed by atoms with Gasteiger partial charge in [0.25, 0.3) is 0 Å². The molecule has 0 saturated heterocycles. The van der Waals surface area contributed by atoms with Crippen molar-refractivity contribution in [3.05, 3.63) is 28.8 Å². The van der Waals surface area contributed by atoms with Crippen LogP contribution in [-0.2, 0) is 6.54 Å². The van der Waals surface area contributed by atoms with Crippen molar-refractivity contribution < 1.29 is 0 Å². The highest BCUT2D eigenvalue weighted by molar-refractivity contribution is 6.30. The van der Waals surface area contributed by atoms with E-state index in [4.69, 9.17) is 11.6 Å². The Morgan fingerprint density at radius 2 is 1.95 bits per heavy atom. The van der Waals surface area contributed by atoms with E-state index >= 15 is 0 Å². The second kappa shape index (κ2) is 6.36. The molecule has 0 aliphatic heterocycles. The van der Waals surface area contributed by atoms with Gasteiger partial charge in [0.1, 0.15) is 0 Å². The van der Waals surface area contributed by atoms with Crippen LogP contribution >= 0.6 is 11.6 Å². The molecule has 0 bridgehead atoms. The first-order valence-electron chi connectivity index (χ1n) is 8.06. The molecule has 0 radical (unpaired) electrons. The van der Waals surface area contributed by atoms with Gasteiger partial charge in [0.05, 0.1) is 0 Å². The van der Waals surface area contributed by atoms with Crippen molar-refractivity contribution in [1.29, 1.82) is 0 Å². The van der Waals surface area contributed by atoms with Crippen LogP contribution in [0, 0.1) is 0 Å². The molecule has 0 spiro atoms. The minimum atomic E-state index is 0.723. The first-order valence-corrected chi connectivity index (χ1v) is 8.44. The lowest BCUT2D eigenvalue weighted by Gasteiger charge is -2.32. The van der Waals surface area contributed by atoms with E-state index in [1.807, 2.05) is 6.07 Å². The van der Waals surface area contributed by atoms with Gasteiger partial charge >= 0.3 is 0 Å². The van der Waals surface area contributed by atoms with E-state index in [0.29, 0.717) is 0 Å². The Kier molecular flexibility index (Phi) is 4.52. The number of benzene rings is 1. The summed E-state index contributed by atoms with van der Waals surface area (Å²) < 4.78 is 0. The fourth-order valence-electron chi connectivity index (χ4n) is 3.36. The normalized spacial score (nSPS) is 19.5. The molecule has 3 rings (SSSR count). The van der Waals surface area contributed by atoms with Gasteiger partial charge in [-0.2, -0.15) is 0 Å². The smallest absolute Gasteiger partial charge is 0.0415 e. The van der Waals surface area contributed by atoms with Gasteiger partial charge < -0.3 is 10.2 Å². The van der Waals surface area contributed by atoms with Crippen LogP contribution in [0.4, 0.5) is 5.69 Å². The van der Waals surface area contributed by atoms with Crippen molar-refractivity contribution in [1.82, 2.24) is 5.32 Å². The summed E-state index contributed by atoms with van der Waals surface area (Å²) in [5, 5.41) is 4.48. The highest BCUT2D eigenvalue weighted by Crippen LogP contribution is 2.32. The summed E-state index contributed by atoms with van der Waals surface area (Å²) in [6.07, 6.45) is 8.10. The number of rotatable bonds is 6. The van der Waals surface area contributed by atoms with Gasteiger partial charge in [0.2, 0.25) is 0 Å². The molecular weight excluding hydrogens is 268 g/mol. The van der Waals surface area contributed by atoms with Crippen LogP contribution < -0.4 is 10.2 Å². The first kappa shape index (κ1) is 14.2. The SMILES string of the molecule is CCN(c1ccc(Cl)cc1CNC1CC1)C1CCCC1. The summed E-state index contributed by atoms with van der Waals surface area (Å²) in [5.41, 5.74) is 2.75. The zero-order valence-corrected chi connectivity index (χ0v) is 13.1. The number of hydrogen-bond acceptors (Lipinski definition) is 2. The number of anilines is 1. The predicted octanol–water partition coefficient (Wildman–Crippen LogP) is 4.36. The average Bonchev–Trinajstić information content (AvgIpc) is 3.13.